The lowest BCUT2D eigenvalue weighted by atomic mass is 10.2. The van der Waals surface area contributed by atoms with Crippen molar-refractivity contribution in [2.24, 2.45) is 0 Å². The predicted molar refractivity (Wildman–Crippen MR) is 91.4 cm³/mol. The van der Waals surface area contributed by atoms with Crippen LogP contribution in [0.25, 0.3) is 0 Å². The summed E-state index contributed by atoms with van der Waals surface area (Å²) in [7, 11) is 1.90. The van der Waals surface area contributed by atoms with Gasteiger partial charge in [0.15, 0.2) is 0 Å². The van der Waals surface area contributed by atoms with Crippen LogP contribution in [-0.4, -0.2) is 54.8 Å². The number of benzene rings is 1. The highest BCUT2D eigenvalue weighted by atomic mass is 79.9. The lowest BCUT2D eigenvalue weighted by Crippen LogP contribution is -2.44. The Morgan fingerprint density at radius 2 is 1.77 bits per heavy atom. The van der Waals surface area contributed by atoms with Gasteiger partial charge in [0.1, 0.15) is 0 Å². The van der Waals surface area contributed by atoms with E-state index in [9.17, 15) is 9.59 Å². The van der Waals surface area contributed by atoms with Crippen molar-refractivity contribution < 1.29 is 9.59 Å². The number of rotatable bonds is 8. The molecule has 1 aromatic rings. The Bertz CT molecular complexity index is 491. The topological polar surface area (TPSA) is 52.7 Å². The van der Waals surface area contributed by atoms with Gasteiger partial charge in [-0.05, 0) is 38.6 Å². The van der Waals surface area contributed by atoms with Crippen LogP contribution in [0.3, 0.4) is 0 Å². The number of carbonyl (C=O) groups excluding carboxylic acids is 2. The zero-order valence-electron chi connectivity index (χ0n) is 13.4. The number of nitrogens with one attached hydrogen (secondary N) is 1. The lowest BCUT2D eigenvalue weighted by Gasteiger charge is -2.24. The van der Waals surface area contributed by atoms with E-state index in [1.807, 2.05) is 50.1 Å². The summed E-state index contributed by atoms with van der Waals surface area (Å²) in [6, 6.07) is 8.02. The minimum atomic E-state index is -0.117. The molecule has 6 heteroatoms. The van der Waals surface area contributed by atoms with E-state index in [4.69, 9.17) is 0 Å². The van der Waals surface area contributed by atoms with E-state index in [0.29, 0.717) is 26.2 Å². The molecule has 0 bridgehead atoms. The van der Waals surface area contributed by atoms with Gasteiger partial charge < -0.3 is 10.2 Å². The molecule has 1 aromatic carbocycles. The van der Waals surface area contributed by atoms with Crippen molar-refractivity contribution in [3.8, 4) is 0 Å². The molecule has 0 atom stereocenters. The number of hydrogen-bond acceptors (Lipinski definition) is 3. The Balaban J connectivity index is 2.50. The average Bonchev–Trinajstić information content (AvgIpc) is 2.47. The van der Waals surface area contributed by atoms with E-state index in [1.54, 1.807) is 4.90 Å². The first-order chi connectivity index (χ1) is 10.5. The van der Waals surface area contributed by atoms with Gasteiger partial charge in [0, 0.05) is 24.1 Å². The van der Waals surface area contributed by atoms with Crippen molar-refractivity contribution in [1.29, 1.82) is 0 Å². The van der Waals surface area contributed by atoms with E-state index in [0.717, 1.165) is 10.0 Å². The largest absolute Gasteiger partial charge is 0.355 e. The van der Waals surface area contributed by atoms with Crippen LogP contribution in [0.1, 0.15) is 19.4 Å². The predicted octanol–water partition coefficient (Wildman–Crippen LogP) is 1.87. The highest BCUT2D eigenvalue weighted by Gasteiger charge is 2.16. The maximum absolute atomic E-state index is 12.3. The molecule has 0 fully saturated rings. The first-order valence-corrected chi connectivity index (χ1v) is 8.23. The van der Waals surface area contributed by atoms with Gasteiger partial charge in [-0.2, -0.15) is 0 Å². The second kappa shape index (κ2) is 9.58. The van der Waals surface area contributed by atoms with Crippen molar-refractivity contribution in [1.82, 2.24) is 15.1 Å². The van der Waals surface area contributed by atoms with Crippen LogP contribution in [0, 0.1) is 0 Å². The van der Waals surface area contributed by atoms with Crippen LogP contribution in [0.4, 0.5) is 0 Å². The fourth-order valence-electron chi connectivity index (χ4n) is 2.09. The molecule has 22 heavy (non-hydrogen) atoms. The lowest BCUT2D eigenvalue weighted by molar-refractivity contribution is -0.136. The zero-order valence-corrected chi connectivity index (χ0v) is 15.0. The van der Waals surface area contributed by atoms with Crippen molar-refractivity contribution in [3.63, 3.8) is 0 Å². The smallest absolute Gasteiger partial charge is 0.239 e. The van der Waals surface area contributed by atoms with Gasteiger partial charge in [0.2, 0.25) is 11.8 Å². The highest BCUT2D eigenvalue weighted by molar-refractivity contribution is 9.10. The normalized spacial score (nSPS) is 10.6. The Morgan fingerprint density at radius 1 is 1.14 bits per heavy atom. The minimum absolute atomic E-state index is 0.0339. The zero-order chi connectivity index (χ0) is 16.5. The van der Waals surface area contributed by atoms with Crippen LogP contribution in [0.15, 0.2) is 28.7 Å². The molecular formula is C16H24BrN3O2. The van der Waals surface area contributed by atoms with Crippen molar-refractivity contribution >= 4 is 27.7 Å². The molecule has 0 unspecified atom stereocenters. The van der Waals surface area contributed by atoms with E-state index in [1.165, 1.54) is 0 Å². The molecule has 5 nitrogen and oxygen atoms in total. The minimum Gasteiger partial charge on any atom is -0.355 e. The molecule has 1 rings (SSSR count). The Labute approximate surface area is 140 Å². The molecule has 0 aromatic heterocycles. The summed E-state index contributed by atoms with van der Waals surface area (Å²) in [5, 5.41) is 2.71. The van der Waals surface area contributed by atoms with Gasteiger partial charge in [0.05, 0.1) is 13.1 Å². The summed E-state index contributed by atoms with van der Waals surface area (Å²) in [4.78, 5) is 27.4. The fraction of sp³-hybridized carbons (Fsp3) is 0.500. The Morgan fingerprint density at radius 3 is 2.32 bits per heavy atom. The third-order valence-corrected chi connectivity index (χ3v) is 3.74. The number of hydrogen-bond donors (Lipinski definition) is 1. The standard InChI is InChI=1S/C16H24BrN3O2/c1-4-18-15(21)11-20(5-2)16(22)12-19(3)10-13-6-8-14(17)9-7-13/h6-9H,4-5,10-12H2,1-3H3,(H,18,21). The maximum Gasteiger partial charge on any atom is 0.239 e. The SMILES string of the molecule is CCNC(=O)CN(CC)C(=O)CN(C)Cc1ccc(Br)cc1. The Hall–Kier alpha value is -1.40. The molecule has 0 heterocycles. The number of nitrogens with zero attached hydrogens (tertiary/aromatic N) is 2. The van der Waals surface area contributed by atoms with Crippen LogP contribution >= 0.6 is 15.9 Å². The van der Waals surface area contributed by atoms with Crippen molar-refractivity contribution in [2.75, 3.05) is 33.2 Å². The van der Waals surface area contributed by atoms with E-state index >= 15 is 0 Å². The molecule has 0 aliphatic heterocycles. The number of carbonyl (C=O) groups is 2. The second-order valence-corrected chi connectivity index (χ2v) is 6.08. The number of amides is 2. The van der Waals surface area contributed by atoms with Crippen LogP contribution in [-0.2, 0) is 16.1 Å². The molecule has 0 spiro atoms. The summed E-state index contributed by atoms with van der Waals surface area (Å²) >= 11 is 3.40. The third kappa shape index (κ3) is 6.58. The highest BCUT2D eigenvalue weighted by Crippen LogP contribution is 2.11. The van der Waals surface area contributed by atoms with E-state index in [2.05, 4.69) is 21.2 Å². The van der Waals surface area contributed by atoms with Crippen LogP contribution in [0.5, 0.6) is 0 Å². The molecule has 0 saturated carbocycles. The van der Waals surface area contributed by atoms with Gasteiger partial charge in [-0.15, -0.1) is 0 Å². The molecule has 0 saturated heterocycles. The molecule has 1 N–H and O–H groups in total. The number of likely N-dealkylation sites (N-methyl/N-ethyl adjacent to an activating group) is 3. The number of halogens is 1. The monoisotopic (exact) mass is 369 g/mol. The first kappa shape index (κ1) is 18.6. The third-order valence-electron chi connectivity index (χ3n) is 3.21. The average molecular weight is 370 g/mol. The molecule has 0 radical (unpaired) electrons. The first-order valence-electron chi connectivity index (χ1n) is 7.43. The molecular weight excluding hydrogens is 346 g/mol. The van der Waals surface area contributed by atoms with Crippen LogP contribution in [0.2, 0.25) is 0 Å². The van der Waals surface area contributed by atoms with Crippen LogP contribution < -0.4 is 5.32 Å². The van der Waals surface area contributed by atoms with Crippen molar-refractivity contribution in [3.05, 3.63) is 34.3 Å². The van der Waals surface area contributed by atoms with Gasteiger partial charge in [-0.1, -0.05) is 28.1 Å². The van der Waals surface area contributed by atoms with E-state index < -0.39 is 0 Å². The van der Waals surface area contributed by atoms with Gasteiger partial charge in [-0.25, -0.2) is 0 Å². The molecule has 0 aliphatic rings. The molecule has 2 amide bonds. The van der Waals surface area contributed by atoms with E-state index in [-0.39, 0.29) is 18.4 Å². The summed E-state index contributed by atoms with van der Waals surface area (Å²) < 4.78 is 1.04. The van der Waals surface area contributed by atoms with Gasteiger partial charge in [-0.3, -0.25) is 14.5 Å². The Kier molecular flexibility index (Phi) is 8.12. The summed E-state index contributed by atoms with van der Waals surface area (Å²) in [6.45, 7) is 5.96. The summed E-state index contributed by atoms with van der Waals surface area (Å²) in [5.74, 6) is -0.151. The second-order valence-electron chi connectivity index (χ2n) is 5.16. The maximum atomic E-state index is 12.3. The summed E-state index contributed by atoms with van der Waals surface area (Å²) in [6.07, 6.45) is 0. The van der Waals surface area contributed by atoms with Gasteiger partial charge in [0.25, 0.3) is 0 Å². The van der Waals surface area contributed by atoms with Gasteiger partial charge >= 0.3 is 0 Å². The quantitative estimate of drug-likeness (QED) is 0.760. The van der Waals surface area contributed by atoms with Crippen molar-refractivity contribution in [2.45, 2.75) is 20.4 Å². The molecule has 122 valence electrons. The molecule has 0 aliphatic carbocycles. The fourth-order valence-corrected chi connectivity index (χ4v) is 2.36. The summed E-state index contributed by atoms with van der Waals surface area (Å²) in [5.41, 5.74) is 1.14.